The third-order valence-electron chi connectivity index (χ3n) is 5.09. The molecule has 2 heteroatoms. The van der Waals surface area contributed by atoms with Crippen molar-refractivity contribution in [1.29, 1.82) is 0 Å². The number of likely N-dealkylation sites (tertiary alicyclic amines) is 1. The van der Waals surface area contributed by atoms with Crippen molar-refractivity contribution in [3.05, 3.63) is 0 Å². The lowest BCUT2D eigenvalue weighted by molar-refractivity contribution is 0.106. The molecule has 0 aromatic carbocycles. The minimum atomic E-state index is 0.456. The minimum Gasteiger partial charge on any atom is -0.328 e. The molecule has 1 saturated heterocycles. The van der Waals surface area contributed by atoms with Gasteiger partial charge in [0.1, 0.15) is 0 Å². The highest BCUT2D eigenvalue weighted by atomic mass is 15.2. The van der Waals surface area contributed by atoms with Gasteiger partial charge in [-0.1, -0.05) is 26.2 Å². The summed E-state index contributed by atoms with van der Waals surface area (Å²) in [5, 5.41) is 0. The zero-order valence-electron chi connectivity index (χ0n) is 11.7. The maximum atomic E-state index is 6.03. The highest BCUT2D eigenvalue weighted by molar-refractivity contribution is 4.83. The van der Waals surface area contributed by atoms with E-state index in [1.165, 1.54) is 58.0 Å². The lowest BCUT2D eigenvalue weighted by Gasteiger charge is -2.40. The van der Waals surface area contributed by atoms with Crippen LogP contribution in [0.4, 0.5) is 0 Å². The van der Waals surface area contributed by atoms with E-state index >= 15 is 0 Å². The predicted octanol–water partition coefficient (Wildman–Crippen LogP) is 3.01. The van der Waals surface area contributed by atoms with Gasteiger partial charge in [-0.25, -0.2) is 0 Å². The van der Waals surface area contributed by atoms with Crippen LogP contribution in [0.5, 0.6) is 0 Å². The smallest absolute Gasteiger partial charge is 0.00817 e. The first-order chi connectivity index (χ1) is 8.19. The maximum absolute atomic E-state index is 6.03. The van der Waals surface area contributed by atoms with Crippen LogP contribution in [0, 0.1) is 11.8 Å². The van der Waals surface area contributed by atoms with Crippen molar-refractivity contribution in [2.24, 2.45) is 17.6 Å². The SMILES string of the molecule is CCC1CCC(CN2CCC(N)CC2C)CC1. The van der Waals surface area contributed by atoms with Crippen LogP contribution in [0.2, 0.25) is 0 Å². The topological polar surface area (TPSA) is 29.3 Å². The second kappa shape index (κ2) is 6.19. The lowest BCUT2D eigenvalue weighted by Crippen LogP contribution is -2.47. The van der Waals surface area contributed by atoms with Gasteiger partial charge in [0, 0.05) is 18.6 Å². The molecular formula is C15H30N2. The normalized spacial score (nSPS) is 40.4. The molecule has 2 atom stereocenters. The molecule has 0 spiro atoms. The van der Waals surface area contributed by atoms with Crippen LogP contribution in [-0.4, -0.2) is 30.1 Å². The van der Waals surface area contributed by atoms with Gasteiger partial charge in [0.25, 0.3) is 0 Å². The van der Waals surface area contributed by atoms with E-state index in [-0.39, 0.29) is 0 Å². The zero-order valence-corrected chi connectivity index (χ0v) is 11.7. The molecule has 2 unspecified atom stereocenters. The van der Waals surface area contributed by atoms with Crippen LogP contribution in [0.3, 0.4) is 0 Å². The fourth-order valence-electron chi connectivity index (χ4n) is 3.68. The Morgan fingerprint density at radius 1 is 1.06 bits per heavy atom. The molecule has 2 N–H and O–H groups in total. The van der Waals surface area contributed by atoms with Crippen molar-refractivity contribution in [3.63, 3.8) is 0 Å². The number of nitrogens with two attached hydrogens (primary N) is 1. The average Bonchev–Trinajstić information content (AvgIpc) is 2.34. The summed E-state index contributed by atoms with van der Waals surface area (Å²) in [5.41, 5.74) is 6.03. The Kier molecular flexibility index (Phi) is 4.87. The van der Waals surface area contributed by atoms with Crippen molar-refractivity contribution in [2.45, 2.75) is 70.9 Å². The van der Waals surface area contributed by atoms with Crippen molar-refractivity contribution in [3.8, 4) is 0 Å². The highest BCUT2D eigenvalue weighted by Crippen LogP contribution is 2.32. The van der Waals surface area contributed by atoms with Gasteiger partial charge in [0.05, 0.1) is 0 Å². The Balaban J connectivity index is 1.74. The van der Waals surface area contributed by atoms with Crippen molar-refractivity contribution in [1.82, 2.24) is 4.90 Å². The van der Waals surface area contributed by atoms with Gasteiger partial charge < -0.3 is 10.6 Å². The molecule has 0 amide bonds. The Morgan fingerprint density at radius 2 is 1.71 bits per heavy atom. The summed E-state index contributed by atoms with van der Waals surface area (Å²) in [6.45, 7) is 7.27. The fraction of sp³-hybridized carbons (Fsp3) is 1.00. The van der Waals surface area contributed by atoms with Crippen molar-refractivity contribution < 1.29 is 0 Å². The second-order valence-electron chi connectivity index (χ2n) is 6.42. The summed E-state index contributed by atoms with van der Waals surface area (Å²) in [5.74, 6) is 1.99. The molecule has 1 saturated carbocycles. The average molecular weight is 238 g/mol. The van der Waals surface area contributed by atoms with Gasteiger partial charge in [0.2, 0.25) is 0 Å². The van der Waals surface area contributed by atoms with Crippen LogP contribution in [0.15, 0.2) is 0 Å². The molecule has 1 aliphatic heterocycles. The summed E-state index contributed by atoms with van der Waals surface area (Å²) in [6, 6.07) is 1.17. The summed E-state index contributed by atoms with van der Waals surface area (Å²) < 4.78 is 0. The molecule has 2 aliphatic rings. The highest BCUT2D eigenvalue weighted by Gasteiger charge is 2.27. The molecule has 0 aromatic heterocycles. The van der Waals surface area contributed by atoms with E-state index < -0.39 is 0 Å². The molecule has 0 bridgehead atoms. The molecule has 2 rings (SSSR count). The Bertz CT molecular complexity index is 221. The number of hydrogen-bond donors (Lipinski definition) is 1. The van der Waals surface area contributed by atoms with Crippen LogP contribution >= 0.6 is 0 Å². The quantitative estimate of drug-likeness (QED) is 0.819. The molecular weight excluding hydrogens is 208 g/mol. The van der Waals surface area contributed by atoms with E-state index in [2.05, 4.69) is 18.7 Å². The first-order valence-electron chi connectivity index (χ1n) is 7.68. The summed E-state index contributed by atoms with van der Waals surface area (Å²) >= 11 is 0. The van der Waals surface area contributed by atoms with Gasteiger partial charge in [0.15, 0.2) is 0 Å². The Hall–Kier alpha value is -0.0800. The number of rotatable bonds is 3. The van der Waals surface area contributed by atoms with E-state index in [1.54, 1.807) is 0 Å². The van der Waals surface area contributed by atoms with Gasteiger partial charge in [-0.15, -0.1) is 0 Å². The maximum Gasteiger partial charge on any atom is 0.00817 e. The molecule has 17 heavy (non-hydrogen) atoms. The molecule has 2 nitrogen and oxygen atoms in total. The van der Waals surface area contributed by atoms with E-state index in [1.807, 2.05) is 0 Å². The number of piperidine rings is 1. The van der Waals surface area contributed by atoms with E-state index in [0.717, 1.165) is 11.8 Å². The monoisotopic (exact) mass is 238 g/mol. The lowest BCUT2D eigenvalue weighted by atomic mass is 9.80. The van der Waals surface area contributed by atoms with Gasteiger partial charge in [-0.2, -0.15) is 0 Å². The summed E-state index contributed by atoms with van der Waals surface area (Å²) in [4.78, 5) is 2.69. The standard InChI is InChI=1S/C15H30N2/c1-3-13-4-6-14(7-5-13)11-17-9-8-15(16)10-12(17)2/h12-15H,3-11,16H2,1-2H3. The molecule has 0 aromatic rings. The Morgan fingerprint density at radius 3 is 2.29 bits per heavy atom. The van der Waals surface area contributed by atoms with E-state index in [0.29, 0.717) is 12.1 Å². The van der Waals surface area contributed by atoms with Gasteiger partial charge in [-0.05, 0) is 51.0 Å². The zero-order chi connectivity index (χ0) is 12.3. The van der Waals surface area contributed by atoms with Crippen LogP contribution in [0.25, 0.3) is 0 Å². The predicted molar refractivity (Wildman–Crippen MR) is 74.0 cm³/mol. The molecule has 1 aliphatic carbocycles. The first-order valence-corrected chi connectivity index (χ1v) is 7.68. The fourth-order valence-corrected chi connectivity index (χ4v) is 3.68. The van der Waals surface area contributed by atoms with Crippen molar-refractivity contribution >= 4 is 0 Å². The van der Waals surface area contributed by atoms with Gasteiger partial charge in [-0.3, -0.25) is 0 Å². The number of hydrogen-bond acceptors (Lipinski definition) is 2. The second-order valence-corrected chi connectivity index (χ2v) is 6.42. The molecule has 2 fully saturated rings. The van der Waals surface area contributed by atoms with E-state index in [9.17, 15) is 0 Å². The number of nitrogens with zero attached hydrogens (tertiary/aromatic N) is 1. The molecule has 0 radical (unpaired) electrons. The Labute approximate surface area is 107 Å². The first kappa shape index (κ1) is 13.4. The summed E-state index contributed by atoms with van der Waals surface area (Å²) in [6.07, 6.45) is 9.67. The third-order valence-corrected chi connectivity index (χ3v) is 5.09. The summed E-state index contributed by atoms with van der Waals surface area (Å²) in [7, 11) is 0. The van der Waals surface area contributed by atoms with Crippen LogP contribution < -0.4 is 5.73 Å². The molecule has 1 heterocycles. The molecule has 100 valence electrons. The largest absolute Gasteiger partial charge is 0.328 e. The van der Waals surface area contributed by atoms with E-state index in [4.69, 9.17) is 5.73 Å². The third kappa shape index (κ3) is 3.69. The van der Waals surface area contributed by atoms with Crippen molar-refractivity contribution in [2.75, 3.05) is 13.1 Å². The van der Waals surface area contributed by atoms with Crippen LogP contribution in [0.1, 0.15) is 58.8 Å². The van der Waals surface area contributed by atoms with Gasteiger partial charge >= 0.3 is 0 Å². The van der Waals surface area contributed by atoms with Crippen LogP contribution in [-0.2, 0) is 0 Å². The minimum absolute atomic E-state index is 0.456.